The second kappa shape index (κ2) is 4.81. The molecule has 6 heteroatoms. The Kier molecular flexibility index (Phi) is 3.28. The maximum atomic E-state index is 11.5. The van der Waals surface area contributed by atoms with Gasteiger partial charge in [0, 0.05) is 7.05 Å². The van der Waals surface area contributed by atoms with Crippen molar-refractivity contribution in [1.82, 2.24) is 4.57 Å². The standard InChI is InChI=1S/C13H9BrClNO2S/c1-16-9-3-2-7(4-10(9)18-13(16)17)12(15)8-5-11(14)19-6-8/h2-6,12H,1H3. The van der Waals surface area contributed by atoms with E-state index in [-0.39, 0.29) is 11.1 Å². The van der Waals surface area contributed by atoms with Crippen molar-refractivity contribution in [3.8, 4) is 0 Å². The monoisotopic (exact) mass is 357 g/mol. The fraction of sp³-hybridized carbons (Fsp3) is 0.154. The van der Waals surface area contributed by atoms with E-state index in [0.717, 1.165) is 20.4 Å². The van der Waals surface area contributed by atoms with Crippen LogP contribution in [-0.2, 0) is 7.05 Å². The number of nitrogens with zero attached hydrogens (tertiary/aromatic N) is 1. The zero-order valence-corrected chi connectivity index (χ0v) is 13.1. The third kappa shape index (κ3) is 2.26. The maximum Gasteiger partial charge on any atom is 0.419 e. The minimum Gasteiger partial charge on any atom is -0.408 e. The van der Waals surface area contributed by atoms with Gasteiger partial charge >= 0.3 is 5.76 Å². The molecule has 0 bridgehead atoms. The molecule has 1 atom stereocenters. The number of aryl methyl sites for hydroxylation is 1. The summed E-state index contributed by atoms with van der Waals surface area (Å²) in [5.74, 6) is -0.364. The van der Waals surface area contributed by atoms with E-state index >= 15 is 0 Å². The van der Waals surface area contributed by atoms with Crippen LogP contribution >= 0.6 is 38.9 Å². The van der Waals surface area contributed by atoms with E-state index in [1.807, 2.05) is 29.6 Å². The first-order valence-electron chi connectivity index (χ1n) is 5.54. The normalized spacial score (nSPS) is 13.0. The Morgan fingerprint density at radius 3 is 2.84 bits per heavy atom. The first-order chi connectivity index (χ1) is 9.06. The van der Waals surface area contributed by atoms with Crippen LogP contribution in [0, 0.1) is 0 Å². The van der Waals surface area contributed by atoms with E-state index in [0.29, 0.717) is 5.58 Å². The summed E-state index contributed by atoms with van der Waals surface area (Å²) in [6.07, 6.45) is 0. The number of aromatic nitrogens is 1. The van der Waals surface area contributed by atoms with Gasteiger partial charge in [-0.15, -0.1) is 22.9 Å². The van der Waals surface area contributed by atoms with Gasteiger partial charge in [-0.3, -0.25) is 4.57 Å². The first kappa shape index (κ1) is 13.0. The van der Waals surface area contributed by atoms with Gasteiger partial charge in [0.1, 0.15) is 0 Å². The quantitative estimate of drug-likeness (QED) is 0.641. The van der Waals surface area contributed by atoms with Gasteiger partial charge in [-0.1, -0.05) is 6.07 Å². The number of fused-ring (bicyclic) bond motifs is 1. The molecule has 0 N–H and O–H groups in total. The van der Waals surface area contributed by atoms with Crippen molar-refractivity contribution in [3.63, 3.8) is 0 Å². The molecule has 3 nitrogen and oxygen atoms in total. The van der Waals surface area contributed by atoms with Gasteiger partial charge in [0.2, 0.25) is 0 Å². The van der Waals surface area contributed by atoms with Gasteiger partial charge in [0.25, 0.3) is 0 Å². The van der Waals surface area contributed by atoms with Crippen molar-refractivity contribution in [2.45, 2.75) is 5.38 Å². The second-order valence-electron chi connectivity index (χ2n) is 4.20. The van der Waals surface area contributed by atoms with Gasteiger partial charge < -0.3 is 4.42 Å². The Morgan fingerprint density at radius 1 is 1.37 bits per heavy atom. The molecule has 98 valence electrons. The summed E-state index contributed by atoms with van der Waals surface area (Å²) in [6, 6.07) is 7.58. The van der Waals surface area contributed by atoms with Crippen LogP contribution in [0.3, 0.4) is 0 Å². The van der Waals surface area contributed by atoms with Crippen molar-refractivity contribution in [2.24, 2.45) is 7.05 Å². The average molecular weight is 359 g/mol. The van der Waals surface area contributed by atoms with Gasteiger partial charge in [0.05, 0.1) is 14.7 Å². The van der Waals surface area contributed by atoms with Crippen LogP contribution < -0.4 is 5.76 Å². The van der Waals surface area contributed by atoms with Crippen LogP contribution in [0.15, 0.2) is 42.6 Å². The number of halogens is 2. The van der Waals surface area contributed by atoms with E-state index in [1.54, 1.807) is 18.4 Å². The Labute approximate surface area is 126 Å². The SMILES string of the molecule is Cn1c(=O)oc2cc(C(Cl)c3csc(Br)c3)ccc21. The summed E-state index contributed by atoms with van der Waals surface area (Å²) in [4.78, 5) is 11.5. The molecule has 0 aliphatic heterocycles. The number of rotatable bonds is 2. The molecule has 0 fully saturated rings. The molecule has 0 saturated carbocycles. The smallest absolute Gasteiger partial charge is 0.408 e. The van der Waals surface area contributed by atoms with Crippen molar-refractivity contribution in [3.05, 3.63) is 55.1 Å². The predicted molar refractivity (Wildman–Crippen MR) is 81.2 cm³/mol. The highest BCUT2D eigenvalue weighted by molar-refractivity contribution is 9.11. The fourth-order valence-corrected chi connectivity index (χ4v) is 3.49. The minimum atomic E-state index is -0.364. The van der Waals surface area contributed by atoms with Gasteiger partial charge in [-0.25, -0.2) is 4.79 Å². The van der Waals surface area contributed by atoms with Crippen molar-refractivity contribution in [1.29, 1.82) is 0 Å². The van der Waals surface area contributed by atoms with E-state index in [4.69, 9.17) is 16.0 Å². The van der Waals surface area contributed by atoms with E-state index in [2.05, 4.69) is 15.9 Å². The Bertz CT molecular complexity index is 804. The second-order valence-corrected chi connectivity index (χ2v) is 6.93. The molecule has 1 unspecified atom stereocenters. The van der Waals surface area contributed by atoms with Gasteiger partial charge in [0.15, 0.2) is 5.58 Å². The lowest BCUT2D eigenvalue weighted by molar-refractivity contribution is 0.528. The Hall–Kier alpha value is -1.04. The van der Waals surface area contributed by atoms with Crippen molar-refractivity contribution < 1.29 is 4.42 Å². The highest BCUT2D eigenvalue weighted by Gasteiger charge is 2.15. The summed E-state index contributed by atoms with van der Waals surface area (Å²) in [7, 11) is 1.68. The van der Waals surface area contributed by atoms with Gasteiger partial charge in [-0.2, -0.15) is 0 Å². The molecule has 3 rings (SSSR count). The zero-order chi connectivity index (χ0) is 13.6. The summed E-state index contributed by atoms with van der Waals surface area (Å²) in [5, 5.41) is 1.75. The molecule has 0 aliphatic rings. The molecule has 0 aliphatic carbocycles. The van der Waals surface area contributed by atoms with Crippen molar-refractivity contribution in [2.75, 3.05) is 0 Å². The number of oxazole rings is 1. The molecule has 0 radical (unpaired) electrons. The minimum absolute atomic E-state index is 0.252. The highest BCUT2D eigenvalue weighted by Crippen LogP contribution is 2.34. The maximum absolute atomic E-state index is 11.5. The summed E-state index contributed by atoms with van der Waals surface area (Å²) in [5.41, 5.74) is 3.26. The van der Waals surface area contributed by atoms with Crippen LogP contribution in [0.1, 0.15) is 16.5 Å². The third-order valence-corrected chi connectivity index (χ3v) is 5.02. The third-order valence-electron chi connectivity index (χ3n) is 2.99. The summed E-state index contributed by atoms with van der Waals surface area (Å²) >= 11 is 11.5. The largest absolute Gasteiger partial charge is 0.419 e. The molecule has 2 aromatic heterocycles. The van der Waals surface area contributed by atoms with Crippen LogP contribution in [-0.4, -0.2) is 4.57 Å². The molecule has 2 heterocycles. The zero-order valence-electron chi connectivity index (χ0n) is 9.89. The molecule has 0 saturated heterocycles. The number of alkyl halides is 1. The van der Waals surface area contributed by atoms with Crippen LogP contribution in [0.5, 0.6) is 0 Å². The van der Waals surface area contributed by atoms with E-state index in [1.165, 1.54) is 4.57 Å². The summed E-state index contributed by atoms with van der Waals surface area (Å²) in [6.45, 7) is 0. The number of hydrogen-bond acceptors (Lipinski definition) is 3. The predicted octanol–water partition coefficient (Wildman–Crippen LogP) is 4.28. The molecule has 19 heavy (non-hydrogen) atoms. The lowest BCUT2D eigenvalue weighted by Gasteiger charge is -2.07. The van der Waals surface area contributed by atoms with E-state index in [9.17, 15) is 4.79 Å². The summed E-state index contributed by atoms with van der Waals surface area (Å²) < 4.78 is 7.69. The lowest BCUT2D eigenvalue weighted by atomic mass is 10.1. The molecular weight excluding hydrogens is 350 g/mol. The average Bonchev–Trinajstić information content (AvgIpc) is 2.94. The van der Waals surface area contributed by atoms with Crippen molar-refractivity contribution >= 4 is 50.0 Å². The van der Waals surface area contributed by atoms with E-state index < -0.39 is 0 Å². The molecule has 1 aromatic carbocycles. The number of hydrogen-bond donors (Lipinski definition) is 0. The Balaban J connectivity index is 2.08. The molecule has 3 aromatic rings. The van der Waals surface area contributed by atoms with Crippen LogP contribution in [0.4, 0.5) is 0 Å². The number of thiophene rings is 1. The molecule has 0 amide bonds. The lowest BCUT2D eigenvalue weighted by Crippen LogP contribution is -2.08. The Morgan fingerprint density at radius 2 is 2.16 bits per heavy atom. The molecule has 0 spiro atoms. The molecular formula is C13H9BrClNO2S. The van der Waals surface area contributed by atoms with Crippen LogP contribution in [0.2, 0.25) is 0 Å². The first-order valence-corrected chi connectivity index (χ1v) is 7.64. The van der Waals surface area contributed by atoms with Gasteiger partial charge in [-0.05, 0) is 50.6 Å². The topological polar surface area (TPSA) is 35.1 Å². The highest BCUT2D eigenvalue weighted by atomic mass is 79.9. The van der Waals surface area contributed by atoms with Crippen LogP contribution in [0.25, 0.3) is 11.1 Å². The fourth-order valence-electron chi connectivity index (χ4n) is 1.96. The number of benzene rings is 1.